The van der Waals surface area contributed by atoms with E-state index in [-0.39, 0.29) is 0 Å². The largest absolute Gasteiger partial charge is 0.293 e. The van der Waals surface area contributed by atoms with E-state index in [1.807, 2.05) is 22.9 Å². The maximum Gasteiger partial charge on any atom is 0.124 e. The van der Waals surface area contributed by atoms with Gasteiger partial charge in [0.2, 0.25) is 0 Å². The first-order valence-electron chi connectivity index (χ1n) is 5.41. The number of aryl methyl sites for hydroxylation is 1. The molecule has 17 heavy (non-hydrogen) atoms. The van der Waals surface area contributed by atoms with Gasteiger partial charge in [-0.15, -0.1) is 0 Å². The van der Waals surface area contributed by atoms with E-state index in [0.29, 0.717) is 0 Å². The number of nitrogens with zero attached hydrogens (tertiary/aromatic N) is 3. The van der Waals surface area contributed by atoms with Crippen LogP contribution in [0.3, 0.4) is 0 Å². The lowest BCUT2D eigenvalue weighted by Gasteiger charge is -2.05. The fourth-order valence-electron chi connectivity index (χ4n) is 1.47. The minimum atomic E-state index is 0.865. The summed E-state index contributed by atoms with van der Waals surface area (Å²) >= 11 is 1.75. The first kappa shape index (κ1) is 11.9. The van der Waals surface area contributed by atoms with Crippen LogP contribution < -0.4 is 0 Å². The van der Waals surface area contributed by atoms with Gasteiger partial charge in [0.05, 0.1) is 11.4 Å². The summed E-state index contributed by atoms with van der Waals surface area (Å²) in [5.74, 6) is 1.86. The monoisotopic (exact) mass is 245 g/mol. The van der Waals surface area contributed by atoms with Crippen LogP contribution in [0.5, 0.6) is 0 Å². The summed E-state index contributed by atoms with van der Waals surface area (Å²) in [4.78, 5) is 8.70. The van der Waals surface area contributed by atoms with Crippen LogP contribution in [-0.4, -0.2) is 27.4 Å². The Hall–Kier alpha value is -1.55. The summed E-state index contributed by atoms with van der Waals surface area (Å²) in [5, 5.41) is 0. The van der Waals surface area contributed by atoms with E-state index < -0.39 is 0 Å². The molecule has 0 aliphatic rings. The fraction of sp³-hybridized carbons (Fsp3) is 0.231. The van der Waals surface area contributed by atoms with Crippen LogP contribution in [0, 0.1) is 6.92 Å². The van der Waals surface area contributed by atoms with E-state index in [0.717, 1.165) is 17.3 Å². The van der Waals surface area contributed by atoms with Gasteiger partial charge in [-0.25, -0.2) is 9.98 Å². The Kier molecular flexibility index (Phi) is 3.98. The molecule has 2 aromatic rings. The van der Waals surface area contributed by atoms with E-state index >= 15 is 0 Å². The van der Waals surface area contributed by atoms with E-state index in [1.165, 1.54) is 5.56 Å². The van der Waals surface area contributed by atoms with Gasteiger partial charge in [-0.05, 0) is 25.3 Å². The van der Waals surface area contributed by atoms with Crippen molar-refractivity contribution >= 4 is 23.3 Å². The third kappa shape index (κ3) is 3.20. The van der Waals surface area contributed by atoms with Gasteiger partial charge < -0.3 is 0 Å². The minimum absolute atomic E-state index is 0.865. The predicted molar refractivity (Wildman–Crippen MR) is 74.3 cm³/mol. The molecule has 0 N–H and O–H groups in total. The van der Waals surface area contributed by atoms with Crippen molar-refractivity contribution in [2.75, 3.05) is 12.0 Å². The fourth-order valence-corrected chi connectivity index (χ4v) is 1.95. The zero-order chi connectivity index (χ0) is 12.1. The number of hydrogen-bond donors (Lipinski definition) is 0. The van der Waals surface area contributed by atoms with Gasteiger partial charge in [-0.2, -0.15) is 11.8 Å². The lowest BCUT2D eigenvalue weighted by molar-refractivity contribution is 1.11. The Morgan fingerprint density at radius 3 is 2.71 bits per heavy atom. The van der Waals surface area contributed by atoms with Crippen molar-refractivity contribution in [2.24, 2.45) is 4.99 Å². The van der Waals surface area contributed by atoms with E-state index in [9.17, 15) is 0 Å². The van der Waals surface area contributed by atoms with Gasteiger partial charge in [-0.1, -0.05) is 17.7 Å². The van der Waals surface area contributed by atoms with Crippen molar-refractivity contribution in [2.45, 2.75) is 6.92 Å². The molecule has 4 heteroatoms. The van der Waals surface area contributed by atoms with Gasteiger partial charge in [-0.3, -0.25) is 4.57 Å². The topological polar surface area (TPSA) is 30.2 Å². The Bertz CT molecular complexity index is 486. The molecular formula is C13H15N3S. The number of thioether (sulfide) groups is 1. The number of hydrogen-bond acceptors (Lipinski definition) is 3. The number of imidazole rings is 1. The molecule has 2 rings (SSSR count). The van der Waals surface area contributed by atoms with Crippen LogP contribution in [-0.2, 0) is 0 Å². The Labute approximate surface area is 106 Å². The lowest BCUT2D eigenvalue weighted by atomic mass is 10.2. The molecule has 0 aliphatic carbocycles. The molecular weight excluding hydrogens is 230 g/mol. The van der Waals surface area contributed by atoms with Crippen molar-refractivity contribution in [1.82, 2.24) is 9.55 Å². The number of aromatic nitrogens is 2. The second kappa shape index (κ2) is 5.68. The first-order chi connectivity index (χ1) is 8.29. The molecule has 88 valence electrons. The van der Waals surface area contributed by atoms with Crippen LogP contribution >= 0.6 is 11.8 Å². The Balaban J connectivity index is 2.29. The summed E-state index contributed by atoms with van der Waals surface area (Å²) in [6, 6.07) is 8.21. The van der Waals surface area contributed by atoms with Crippen molar-refractivity contribution in [3.63, 3.8) is 0 Å². The summed E-state index contributed by atoms with van der Waals surface area (Å²) in [6.45, 7) is 2.08. The van der Waals surface area contributed by atoms with Gasteiger partial charge in [0.25, 0.3) is 0 Å². The smallest absolute Gasteiger partial charge is 0.124 e. The van der Waals surface area contributed by atoms with Crippen LogP contribution in [0.1, 0.15) is 5.56 Å². The Morgan fingerprint density at radius 2 is 2.12 bits per heavy atom. The van der Waals surface area contributed by atoms with Crippen molar-refractivity contribution in [1.29, 1.82) is 0 Å². The number of aliphatic imine (C=N–C) groups is 1. The van der Waals surface area contributed by atoms with Crippen LogP contribution in [0.25, 0.3) is 0 Å². The summed E-state index contributed by atoms with van der Waals surface area (Å²) < 4.78 is 1.95. The van der Waals surface area contributed by atoms with Crippen LogP contribution in [0.15, 0.2) is 48.0 Å². The highest BCUT2D eigenvalue weighted by atomic mass is 32.2. The highest BCUT2D eigenvalue weighted by molar-refractivity contribution is 7.99. The lowest BCUT2D eigenvalue weighted by Crippen LogP contribution is -2.12. The zero-order valence-electron chi connectivity index (χ0n) is 10.00. The molecule has 0 radical (unpaired) electrons. The van der Waals surface area contributed by atoms with Crippen LogP contribution in [0.2, 0.25) is 0 Å². The second-order valence-electron chi connectivity index (χ2n) is 3.77. The normalized spacial score (nSPS) is 11.8. The molecule has 1 aromatic carbocycles. The summed E-state index contributed by atoms with van der Waals surface area (Å²) in [7, 11) is 0. The third-order valence-electron chi connectivity index (χ3n) is 2.37. The van der Waals surface area contributed by atoms with E-state index in [4.69, 9.17) is 0 Å². The zero-order valence-corrected chi connectivity index (χ0v) is 10.8. The third-order valence-corrected chi connectivity index (χ3v) is 2.91. The van der Waals surface area contributed by atoms with Gasteiger partial charge in [0.1, 0.15) is 12.2 Å². The van der Waals surface area contributed by atoms with Crippen molar-refractivity contribution in [3.05, 3.63) is 48.5 Å². The molecule has 1 aromatic heterocycles. The average Bonchev–Trinajstić information content (AvgIpc) is 2.85. The highest BCUT2D eigenvalue weighted by Crippen LogP contribution is 2.14. The second-order valence-corrected chi connectivity index (χ2v) is 4.63. The summed E-state index contributed by atoms with van der Waals surface area (Å²) in [6.07, 6.45) is 7.54. The number of benzene rings is 1. The average molecular weight is 245 g/mol. The van der Waals surface area contributed by atoms with Gasteiger partial charge in [0.15, 0.2) is 0 Å². The minimum Gasteiger partial charge on any atom is -0.293 e. The molecule has 0 amide bonds. The Morgan fingerprint density at radius 1 is 1.35 bits per heavy atom. The molecule has 0 fully saturated rings. The highest BCUT2D eigenvalue weighted by Gasteiger charge is 2.01. The maximum absolute atomic E-state index is 4.65. The molecule has 0 bridgehead atoms. The quantitative estimate of drug-likeness (QED) is 0.614. The first-order valence-corrected chi connectivity index (χ1v) is 6.80. The van der Waals surface area contributed by atoms with Crippen molar-refractivity contribution < 1.29 is 0 Å². The standard InChI is InChI=1S/C13H15N3S/c1-11-3-5-12(6-4-11)15-13(9-17-2)16-8-7-14-10-16/h3-8,10H,9H2,1-2H3. The van der Waals surface area contributed by atoms with Gasteiger partial charge >= 0.3 is 0 Å². The van der Waals surface area contributed by atoms with Crippen LogP contribution in [0.4, 0.5) is 5.69 Å². The molecule has 1 heterocycles. The van der Waals surface area contributed by atoms with Gasteiger partial charge in [0, 0.05) is 12.4 Å². The molecule has 0 aliphatic heterocycles. The molecule has 0 saturated heterocycles. The van der Waals surface area contributed by atoms with Crippen molar-refractivity contribution in [3.8, 4) is 0 Å². The SMILES string of the molecule is CSCC(=Nc1ccc(C)cc1)n1ccnc1. The maximum atomic E-state index is 4.65. The number of rotatable bonds is 3. The molecule has 3 nitrogen and oxygen atoms in total. The van der Waals surface area contributed by atoms with E-state index in [1.54, 1.807) is 24.3 Å². The van der Waals surface area contributed by atoms with E-state index in [2.05, 4.69) is 35.3 Å². The predicted octanol–water partition coefficient (Wildman–Crippen LogP) is 3.13. The molecule has 0 unspecified atom stereocenters. The molecule has 0 saturated carbocycles. The summed E-state index contributed by atoms with van der Waals surface area (Å²) in [5.41, 5.74) is 2.23. The molecule has 0 spiro atoms. The molecule has 0 atom stereocenters.